The minimum atomic E-state index is -4.79. The van der Waals surface area contributed by atoms with Crippen LogP contribution in [0.5, 0.6) is 5.75 Å². The minimum Gasteiger partial charge on any atom is -0.453 e. The molecule has 8 heteroatoms. The lowest BCUT2D eigenvalue weighted by atomic mass is 10.1. The number of halogens is 4. The summed E-state index contributed by atoms with van der Waals surface area (Å²) >= 11 is 5.93. The minimum absolute atomic E-state index is 0.192. The van der Waals surface area contributed by atoms with Gasteiger partial charge < -0.3 is 14.1 Å². The largest absolute Gasteiger partial charge is 0.573 e. The van der Waals surface area contributed by atoms with Gasteiger partial charge in [-0.3, -0.25) is 0 Å². The summed E-state index contributed by atoms with van der Waals surface area (Å²) in [6.07, 6.45) is -4.79. The summed E-state index contributed by atoms with van der Waals surface area (Å²) in [5, 5.41) is 0.623. The number of imidazole rings is 1. The van der Waals surface area contributed by atoms with Crippen molar-refractivity contribution in [1.82, 2.24) is 9.97 Å². The second-order valence-corrected chi connectivity index (χ2v) is 6.71. The number of hydrogen-bond donors (Lipinski definition) is 1. The van der Waals surface area contributed by atoms with Crippen LogP contribution in [0.1, 0.15) is 5.69 Å². The van der Waals surface area contributed by atoms with Crippen molar-refractivity contribution < 1.29 is 22.3 Å². The Morgan fingerprint density at radius 2 is 1.66 bits per heavy atom. The summed E-state index contributed by atoms with van der Waals surface area (Å²) in [5.74, 6) is 0.762. The zero-order valence-corrected chi connectivity index (χ0v) is 15.8. The molecule has 4 rings (SSSR count). The van der Waals surface area contributed by atoms with Crippen LogP contribution in [0.4, 0.5) is 13.2 Å². The molecule has 2 aromatic carbocycles. The summed E-state index contributed by atoms with van der Waals surface area (Å²) in [7, 11) is 0. The lowest BCUT2D eigenvalue weighted by Crippen LogP contribution is -2.17. The van der Waals surface area contributed by atoms with Gasteiger partial charge in [-0.15, -0.1) is 13.2 Å². The molecule has 2 heterocycles. The van der Waals surface area contributed by atoms with Gasteiger partial charge >= 0.3 is 6.36 Å². The van der Waals surface area contributed by atoms with Gasteiger partial charge in [0.1, 0.15) is 11.5 Å². The molecule has 0 bridgehead atoms. The summed E-state index contributed by atoms with van der Waals surface area (Å²) < 4.78 is 47.9. The van der Waals surface area contributed by atoms with Crippen LogP contribution in [0.3, 0.4) is 0 Å². The van der Waals surface area contributed by atoms with Crippen LogP contribution in [-0.4, -0.2) is 16.3 Å². The monoisotopic (exact) mass is 418 g/mol. The first-order valence-corrected chi connectivity index (χ1v) is 8.96. The van der Waals surface area contributed by atoms with Gasteiger partial charge in [-0.05, 0) is 43.3 Å². The van der Waals surface area contributed by atoms with Crippen LogP contribution in [0.15, 0.2) is 65.1 Å². The molecule has 0 unspecified atom stereocenters. The van der Waals surface area contributed by atoms with E-state index in [0.717, 1.165) is 17.0 Å². The van der Waals surface area contributed by atoms with Gasteiger partial charge in [0.2, 0.25) is 0 Å². The van der Waals surface area contributed by atoms with E-state index < -0.39 is 6.36 Å². The fourth-order valence-corrected chi connectivity index (χ4v) is 3.09. The first-order chi connectivity index (χ1) is 13.8. The molecule has 148 valence electrons. The van der Waals surface area contributed by atoms with Crippen molar-refractivity contribution in [3.63, 3.8) is 0 Å². The number of rotatable bonds is 4. The van der Waals surface area contributed by atoms with E-state index in [-0.39, 0.29) is 17.1 Å². The Bertz CT molecular complexity index is 1150. The van der Waals surface area contributed by atoms with E-state index in [2.05, 4.69) is 14.7 Å². The van der Waals surface area contributed by atoms with Gasteiger partial charge in [0.05, 0.1) is 11.3 Å². The summed E-state index contributed by atoms with van der Waals surface area (Å²) in [6, 6.07) is 16.3. The molecule has 0 amide bonds. The zero-order chi connectivity index (χ0) is 20.6. The quantitative estimate of drug-likeness (QED) is 0.393. The van der Waals surface area contributed by atoms with Crippen LogP contribution >= 0.6 is 11.6 Å². The van der Waals surface area contributed by atoms with Crippen LogP contribution in [0.25, 0.3) is 34.2 Å². The molecule has 29 heavy (non-hydrogen) atoms. The highest BCUT2D eigenvalue weighted by Crippen LogP contribution is 2.36. The van der Waals surface area contributed by atoms with Gasteiger partial charge in [0.15, 0.2) is 11.6 Å². The van der Waals surface area contributed by atoms with Gasteiger partial charge in [-0.1, -0.05) is 35.9 Å². The Morgan fingerprint density at radius 3 is 2.38 bits per heavy atom. The van der Waals surface area contributed by atoms with E-state index in [1.165, 1.54) is 18.2 Å². The standard InChI is InChI=1S/C21H14ClF3N2O2/c1-12-19(13-6-8-14(22)9-7-13)27-20(26-12)18-11-10-16(28-18)15-4-2-3-5-17(15)29-21(23,24)25/h2-11H,1H3,(H,26,27). The van der Waals surface area contributed by atoms with E-state index in [9.17, 15) is 13.2 Å². The molecule has 0 aliphatic carbocycles. The molecule has 1 N–H and O–H groups in total. The van der Waals surface area contributed by atoms with Crippen molar-refractivity contribution in [3.8, 4) is 39.9 Å². The summed E-state index contributed by atoms with van der Waals surface area (Å²) in [5.41, 5.74) is 2.62. The molecule has 0 atom stereocenters. The molecule has 0 radical (unpaired) electrons. The van der Waals surface area contributed by atoms with Crippen LogP contribution in [0.2, 0.25) is 5.02 Å². The average molecular weight is 419 g/mol. The predicted molar refractivity (Wildman–Crippen MR) is 104 cm³/mol. The number of para-hydroxylation sites is 1. The Balaban J connectivity index is 1.68. The molecule has 0 fully saturated rings. The number of ether oxygens (including phenoxy) is 1. The first-order valence-electron chi connectivity index (χ1n) is 8.58. The van der Waals surface area contributed by atoms with Crippen LogP contribution in [-0.2, 0) is 0 Å². The normalized spacial score (nSPS) is 11.6. The third kappa shape index (κ3) is 4.14. The Hall–Kier alpha value is -3.19. The van der Waals surface area contributed by atoms with Crippen LogP contribution < -0.4 is 4.74 Å². The number of nitrogens with zero attached hydrogens (tertiary/aromatic N) is 1. The maximum Gasteiger partial charge on any atom is 0.573 e. The molecular formula is C21H14ClF3N2O2. The van der Waals surface area contributed by atoms with Gasteiger partial charge in [-0.25, -0.2) is 4.98 Å². The van der Waals surface area contributed by atoms with Crippen LogP contribution in [0, 0.1) is 6.92 Å². The summed E-state index contributed by atoms with van der Waals surface area (Å²) in [4.78, 5) is 7.71. The molecule has 0 saturated carbocycles. The average Bonchev–Trinajstić information content (AvgIpc) is 3.28. The molecular weight excluding hydrogens is 405 g/mol. The number of nitrogens with one attached hydrogen (secondary N) is 1. The Morgan fingerprint density at radius 1 is 0.966 bits per heavy atom. The van der Waals surface area contributed by atoms with E-state index in [0.29, 0.717) is 16.6 Å². The molecule has 4 nitrogen and oxygen atoms in total. The summed E-state index contributed by atoms with van der Waals surface area (Å²) in [6.45, 7) is 1.87. The van der Waals surface area contributed by atoms with E-state index in [1.54, 1.807) is 30.3 Å². The maximum atomic E-state index is 12.7. The van der Waals surface area contributed by atoms with E-state index in [4.69, 9.17) is 16.0 Å². The number of H-pyrrole nitrogens is 1. The highest BCUT2D eigenvalue weighted by Gasteiger charge is 2.32. The Labute approximate surface area is 168 Å². The van der Waals surface area contributed by atoms with E-state index in [1.807, 2.05) is 19.1 Å². The number of aryl methyl sites for hydroxylation is 1. The SMILES string of the molecule is Cc1[nH]c(-c2ccc(-c3ccccc3OC(F)(F)F)o2)nc1-c1ccc(Cl)cc1. The topological polar surface area (TPSA) is 51.0 Å². The number of furan rings is 1. The third-order valence-corrected chi connectivity index (χ3v) is 4.47. The lowest BCUT2D eigenvalue weighted by molar-refractivity contribution is -0.274. The molecule has 0 aliphatic heterocycles. The van der Waals surface area contributed by atoms with Crippen molar-refractivity contribution in [2.45, 2.75) is 13.3 Å². The lowest BCUT2D eigenvalue weighted by Gasteiger charge is -2.11. The molecule has 4 aromatic rings. The fraction of sp³-hybridized carbons (Fsp3) is 0.0952. The fourth-order valence-electron chi connectivity index (χ4n) is 2.96. The van der Waals surface area contributed by atoms with Crippen molar-refractivity contribution in [2.24, 2.45) is 0 Å². The molecule has 0 saturated heterocycles. The second kappa shape index (κ2) is 7.33. The van der Waals surface area contributed by atoms with Gasteiger partial charge in [-0.2, -0.15) is 0 Å². The molecule has 2 aromatic heterocycles. The van der Waals surface area contributed by atoms with Crippen molar-refractivity contribution in [2.75, 3.05) is 0 Å². The van der Waals surface area contributed by atoms with Gasteiger partial charge in [0, 0.05) is 16.3 Å². The number of aromatic amines is 1. The Kier molecular flexibility index (Phi) is 4.84. The zero-order valence-electron chi connectivity index (χ0n) is 15.0. The highest BCUT2D eigenvalue weighted by atomic mass is 35.5. The smallest absolute Gasteiger partial charge is 0.453 e. The van der Waals surface area contributed by atoms with Gasteiger partial charge in [0.25, 0.3) is 0 Å². The van der Waals surface area contributed by atoms with Crippen molar-refractivity contribution in [1.29, 1.82) is 0 Å². The second-order valence-electron chi connectivity index (χ2n) is 6.27. The molecule has 0 spiro atoms. The maximum absolute atomic E-state index is 12.7. The number of hydrogen-bond acceptors (Lipinski definition) is 3. The van der Waals surface area contributed by atoms with E-state index >= 15 is 0 Å². The third-order valence-electron chi connectivity index (χ3n) is 4.22. The van der Waals surface area contributed by atoms with Crippen molar-refractivity contribution >= 4 is 11.6 Å². The van der Waals surface area contributed by atoms with Crippen molar-refractivity contribution in [3.05, 3.63) is 71.4 Å². The molecule has 0 aliphatic rings. The number of aromatic nitrogens is 2. The number of benzene rings is 2. The first kappa shape index (κ1) is 19.1. The highest BCUT2D eigenvalue weighted by molar-refractivity contribution is 6.30. The number of alkyl halides is 3. The predicted octanol–water partition coefficient (Wildman–Crippen LogP) is 6.86.